The maximum absolute atomic E-state index is 14.5. The lowest BCUT2D eigenvalue weighted by molar-refractivity contribution is -0.172. The second kappa shape index (κ2) is 13.2. The summed E-state index contributed by atoms with van der Waals surface area (Å²) in [5, 5.41) is 5.39. The second-order valence-electron chi connectivity index (χ2n) is 11.3. The number of carbonyl (C=O) groups excluding carboxylic acids is 2. The minimum absolute atomic E-state index is 0.0627. The molecule has 16 heteroatoms. The normalized spacial score (nSPS) is 17.1. The Morgan fingerprint density at radius 1 is 1.23 bits per heavy atom. The molecule has 47 heavy (non-hydrogen) atoms. The molecule has 250 valence electrons. The van der Waals surface area contributed by atoms with Gasteiger partial charge in [0.2, 0.25) is 11.9 Å². The summed E-state index contributed by atoms with van der Waals surface area (Å²) in [6.07, 6.45) is -1.40. The Morgan fingerprint density at radius 2 is 1.98 bits per heavy atom. The van der Waals surface area contributed by atoms with Gasteiger partial charge >= 0.3 is 12.2 Å². The fraction of sp³-hybridized carbons (Fsp3) is 0.355. The summed E-state index contributed by atoms with van der Waals surface area (Å²) in [6.45, 7) is 5.38. The van der Waals surface area contributed by atoms with E-state index in [2.05, 4.69) is 37.0 Å². The quantitative estimate of drug-likeness (QED) is 0.201. The Kier molecular flexibility index (Phi) is 9.50. The number of urea groups is 1. The van der Waals surface area contributed by atoms with Gasteiger partial charge < -0.3 is 30.1 Å². The minimum atomic E-state index is -4.74. The van der Waals surface area contributed by atoms with Crippen molar-refractivity contribution in [3.05, 3.63) is 65.6 Å². The number of hydrogen-bond donors (Lipinski definition) is 2. The number of hydrogen-bond acceptors (Lipinski definition) is 8. The highest BCUT2D eigenvalue weighted by atomic mass is 35.5. The summed E-state index contributed by atoms with van der Waals surface area (Å²) in [4.78, 5) is 40.5. The van der Waals surface area contributed by atoms with Crippen molar-refractivity contribution in [3.63, 3.8) is 0 Å². The number of nitrogens with zero attached hydrogens (tertiary/aromatic N) is 6. The van der Waals surface area contributed by atoms with E-state index in [1.165, 1.54) is 25.4 Å². The standard InChI is InChI=1S/C31H33ClF4N8O3/c1-6-26(45)38-21-12-22(25(47-5)13-24(21)42-11-10-19(16-42)41(3)4)39-29-37-14-18-15-43(17(2)31(34,35)36)30(46)44(28(18)40-29)23-9-7-8-20(33)27(23)32/h6-9,12-14,17,19H,1,10-11,15-16H2,2-5H3,(H,38,45)(H,37,39,40)/t17-,19+/m0/s1. The van der Waals surface area contributed by atoms with Crippen LogP contribution in [0.4, 0.5) is 56.9 Å². The van der Waals surface area contributed by atoms with Crippen molar-refractivity contribution >= 4 is 58.1 Å². The molecule has 2 aliphatic heterocycles. The van der Waals surface area contributed by atoms with E-state index in [-0.39, 0.29) is 23.0 Å². The number of likely N-dealkylation sites (N-methyl/N-ethyl adjacent to an activating group) is 1. The molecule has 3 heterocycles. The van der Waals surface area contributed by atoms with E-state index in [4.69, 9.17) is 16.3 Å². The first-order chi connectivity index (χ1) is 22.2. The third-order valence-corrected chi connectivity index (χ3v) is 8.56. The number of amides is 3. The number of nitrogens with one attached hydrogen (secondary N) is 2. The summed E-state index contributed by atoms with van der Waals surface area (Å²) in [6, 6.07) is 4.08. The molecule has 0 unspecified atom stereocenters. The first-order valence-corrected chi connectivity index (χ1v) is 14.9. The Bertz CT molecular complexity index is 1710. The summed E-state index contributed by atoms with van der Waals surface area (Å²) >= 11 is 6.22. The van der Waals surface area contributed by atoms with Crippen molar-refractivity contribution in [2.24, 2.45) is 0 Å². The van der Waals surface area contributed by atoms with Gasteiger partial charge in [0.25, 0.3) is 0 Å². The number of aromatic nitrogens is 2. The van der Waals surface area contributed by atoms with Crippen LogP contribution in [0.2, 0.25) is 5.02 Å². The predicted octanol–water partition coefficient (Wildman–Crippen LogP) is 6.31. The van der Waals surface area contributed by atoms with Gasteiger partial charge in [0, 0.05) is 37.0 Å². The van der Waals surface area contributed by atoms with Crippen LogP contribution in [-0.2, 0) is 11.3 Å². The molecule has 3 aromatic rings. The SMILES string of the molecule is C=CC(=O)Nc1cc(Nc2ncc3c(n2)N(c2cccc(F)c2Cl)C(=O)N([C@@H](C)C(F)(F)F)C3)c(OC)cc1N1CC[C@@H](N(C)C)C1. The number of halogens is 5. The average molecular weight is 677 g/mol. The molecule has 0 radical (unpaired) electrons. The summed E-state index contributed by atoms with van der Waals surface area (Å²) in [7, 11) is 5.48. The topological polar surface area (TPSA) is 106 Å². The molecule has 1 aromatic heterocycles. The summed E-state index contributed by atoms with van der Waals surface area (Å²) in [5.74, 6) is -1.09. The van der Waals surface area contributed by atoms with Gasteiger partial charge in [-0.15, -0.1) is 0 Å². The van der Waals surface area contributed by atoms with Crippen LogP contribution < -0.4 is 25.2 Å². The fourth-order valence-electron chi connectivity index (χ4n) is 5.48. The number of benzene rings is 2. The van der Waals surface area contributed by atoms with Crippen molar-refractivity contribution in [1.82, 2.24) is 19.8 Å². The van der Waals surface area contributed by atoms with Gasteiger partial charge in [0.05, 0.1) is 36.4 Å². The molecule has 2 N–H and O–H groups in total. The van der Waals surface area contributed by atoms with Crippen LogP contribution in [0.25, 0.3) is 0 Å². The molecule has 0 saturated carbocycles. The van der Waals surface area contributed by atoms with Gasteiger partial charge in [-0.1, -0.05) is 24.2 Å². The number of carbonyl (C=O) groups is 2. The number of fused-ring (bicyclic) bond motifs is 1. The molecule has 0 bridgehead atoms. The Balaban J connectivity index is 1.57. The zero-order chi connectivity index (χ0) is 34.2. The summed E-state index contributed by atoms with van der Waals surface area (Å²) in [5.41, 5.74) is 1.48. The molecule has 1 fully saturated rings. The van der Waals surface area contributed by atoms with E-state index >= 15 is 0 Å². The van der Waals surface area contributed by atoms with Crippen molar-refractivity contribution < 1.29 is 31.9 Å². The van der Waals surface area contributed by atoms with Gasteiger partial charge in [-0.05, 0) is 51.7 Å². The van der Waals surface area contributed by atoms with Crippen LogP contribution in [0.5, 0.6) is 5.75 Å². The largest absolute Gasteiger partial charge is 0.494 e. The monoisotopic (exact) mass is 676 g/mol. The van der Waals surface area contributed by atoms with Gasteiger partial charge in [0.15, 0.2) is 5.82 Å². The Hall–Kier alpha value is -4.63. The van der Waals surface area contributed by atoms with Crippen molar-refractivity contribution in [1.29, 1.82) is 0 Å². The molecule has 5 rings (SSSR count). The molecule has 0 aliphatic carbocycles. The first-order valence-electron chi connectivity index (χ1n) is 14.5. The van der Waals surface area contributed by atoms with E-state index in [9.17, 15) is 27.2 Å². The lowest BCUT2D eigenvalue weighted by atomic mass is 10.1. The molecule has 2 atom stereocenters. The van der Waals surface area contributed by atoms with E-state index in [0.717, 1.165) is 42.6 Å². The smallest absolute Gasteiger partial charge is 0.408 e. The highest BCUT2D eigenvalue weighted by Gasteiger charge is 2.46. The third-order valence-electron chi connectivity index (χ3n) is 8.19. The lowest BCUT2D eigenvalue weighted by Crippen LogP contribution is -2.53. The molecule has 11 nitrogen and oxygen atoms in total. The zero-order valence-electron chi connectivity index (χ0n) is 26.0. The number of anilines is 6. The molecular weight excluding hydrogens is 644 g/mol. The number of ether oxygens (including phenoxy) is 1. The van der Waals surface area contributed by atoms with E-state index in [0.29, 0.717) is 34.6 Å². The highest BCUT2D eigenvalue weighted by molar-refractivity contribution is 6.34. The van der Waals surface area contributed by atoms with Gasteiger partial charge in [-0.2, -0.15) is 18.2 Å². The number of rotatable bonds is 9. The zero-order valence-corrected chi connectivity index (χ0v) is 26.8. The van der Waals surface area contributed by atoms with Gasteiger partial charge in [0.1, 0.15) is 22.6 Å². The lowest BCUT2D eigenvalue weighted by Gasteiger charge is -2.39. The van der Waals surface area contributed by atoms with Gasteiger partial charge in [-0.25, -0.2) is 19.1 Å². The maximum atomic E-state index is 14.5. The molecule has 2 aromatic carbocycles. The molecular formula is C31H33ClF4N8O3. The first kappa shape index (κ1) is 33.7. The van der Waals surface area contributed by atoms with Crippen molar-refractivity contribution in [2.75, 3.05) is 54.7 Å². The highest BCUT2D eigenvalue weighted by Crippen LogP contribution is 2.43. The molecule has 0 spiro atoms. The van der Waals surface area contributed by atoms with Crippen LogP contribution >= 0.6 is 11.6 Å². The van der Waals surface area contributed by atoms with Crippen molar-refractivity contribution in [2.45, 2.75) is 38.1 Å². The Morgan fingerprint density at radius 3 is 2.62 bits per heavy atom. The third kappa shape index (κ3) is 6.76. The van der Waals surface area contributed by atoms with Gasteiger partial charge in [-0.3, -0.25) is 4.79 Å². The predicted molar refractivity (Wildman–Crippen MR) is 171 cm³/mol. The maximum Gasteiger partial charge on any atom is 0.408 e. The molecule has 2 aliphatic rings. The fourth-order valence-corrected chi connectivity index (χ4v) is 5.69. The van der Waals surface area contributed by atoms with Crippen LogP contribution in [0, 0.1) is 5.82 Å². The minimum Gasteiger partial charge on any atom is -0.494 e. The number of methoxy groups -OCH3 is 1. The average Bonchev–Trinajstić information content (AvgIpc) is 3.52. The Labute approximate surface area is 273 Å². The van der Waals surface area contributed by atoms with Crippen LogP contribution in [-0.4, -0.2) is 84.3 Å². The number of alkyl halides is 3. The van der Waals surface area contributed by atoms with E-state index in [1.807, 2.05) is 14.1 Å². The van der Waals surface area contributed by atoms with Crippen molar-refractivity contribution in [3.8, 4) is 5.75 Å². The summed E-state index contributed by atoms with van der Waals surface area (Å²) < 4.78 is 61.5. The molecule has 3 amide bonds. The van der Waals surface area contributed by atoms with Crippen LogP contribution in [0.15, 0.2) is 49.2 Å². The molecule has 1 saturated heterocycles. The van der Waals surface area contributed by atoms with E-state index < -0.39 is 41.5 Å². The second-order valence-corrected chi connectivity index (χ2v) is 11.7. The van der Waals surface area contributed by atoms with E-state index in [1.54, 1.807) is 12.1 Å². The van der Waals surface area contributed by atoms with Crippen LogP contribution in [0.1, 0.15) is 18.9 Å². The van der Waals surface area contributed by atoms with Crippen LogP contribution in [0.3, 0.4) is 0 Å².